The normalized spacial score (nSPS) is 19.2. The van der Waals surface area contributed by atoms with Crippen molar-refractivity contribution >= 4 is 28.5 Å². The van der Waals surface area contributed by atoms with Gasteiger partial charge in [0, 0.05) is 51.9 Å². The number of nitrogens with zero attached hydrogens (tertiary/aromatic N) is 7. The molecule has 6 rings (SSSR count). The highest BCUT2D eigenvalue weighted by atomic mass is 16.5. The number of fused-ring (bicyclic) bond motifs is 1. The van der Waals surface area contributed by atoms with Crippen LogP contribution in [0.2, 0.25) is 0 Å². The SMILES string of the molecule is CCc1c(C#N)cccc1N(C)C1=NC(N2CCN(Cc3nc4ccc(C(=O)O)cc4n3CC3CCO3)CC2)=CCC1. The van der Waals surface area contributed by atoms with Crippen LogP contribution < -0.4 is 4.90 Å². The van der Waals surface area contributed by atoms with Crippen molar-refractivity contribution in [2.45, 2.75) is 51.8 Å². The van der Waals surface area contributed by atoms with E-state index >= 15 is 0 Å². The second kappa shape index (κ2) is 12.0. The van der Waals surface area contributed by atoms with E-state index in [0.717, 1.165) is 104 Å². The molecule has 2 fully saturated rings. The van der Waals surface area contributed by atoms with Crippen molar-refractivity contribution in [3.05, 3.63) is 70.8 Å². The van der Waals surface area contributed by atoms with Gasteiger partial charge in [-0.1, -0.05) is 13.0 Å². The Morgan fingerprint density at radius 1 is 1.21 bits per heavy atom. The maximum absolute atomic E-state index is 11.6. The molecule has 3 aliphatic heterocycles. The van der Waals surface area contributed by atoms with E-state index in [4.69, 9.17) is 14.7 Å². The summed E-state index contributed by atoms with van der Waals surface area (Å²) in [6, 6.07) is 13.4. The first-order chi connectivity index (χ1) is 20.4. The molecule has 0 amide bonds. The van der Waals surface area contributed by atoms with Crippen LogP contribution in [0.4, 0.5) is 5.69 Å². The molecule has 3 aliphatic rings. The number of piperazine rings is 1. The third-order valence-electron chi connectivity index (χ3n) is 8.63. The number of carbonyl (C=O) groups is 1. The maximum Gasteiger partial charge on any atom is 0.335 e. The predicted molar refractivity (Wildman–Crippen MR) is 162 cm³/mol. The van der Waals surface area contributed by atoms with Gasteiger partial charge in [-0.15, -0.1) is 0 Å². The Morgan fingerprint density at radius 3 is 2.71 bits per heavy atom. The van der Waals surface area contributed by atoms with Crippen molar-refractivity contribution in [2.75, 3.05) is 44.7 Å². The first kappa shape index (κ1) is 27.9. The lowest BCUT2D eigenvalue weighted by Gasteiger charge is -2.37. The summed E-state index contributed by atoms with van der Waals surface area (Å²) in [6.45, 7) is 7.74. The monoisotopic (exact) mass is 567 g/mol. The van der Waals surface area contributed by atoms with Crippen molar-refractivity contribution in [1.82, 2.24) is 19.4 Å². The molecule has 0 bridgehead atoms. The van der Waals surface area contributed by atoms with E-state index in [0.29, 0.717) is 13.1 Å². The fraction of sp³-hybridized carbons (Fsp3) is 0.438. The number of hydrogen-bond donors (Lipinski definition) is 1. The first-order valence-corrected chi connectivity index (χ1v) is 14.8. The Kier molecular flexibility index (Phi) is 7.96. The van der Waals surface area contributed by atoms with Crippen LogP contribution in [0.3, 0.4) is 0 Å². The van der Waals surface area contributed by atoms with E-state index in [1.54, 1.807) is 18.2 Å². The molecule has 2 aromatic carbocycles. The van der Waals surface area contributed by atoms with Crippen molar-refractivity contribution in [1.29, 1.82) is 5.26 Å². The summed E-state index contributed by atoms with van der Waals surface area (Å²) in [5.41, 5.74) is 4.77. The second-order valence-corrected chi connectivity index (χ2v) is 11.1. The molecule has 2 saturated heterocycles. The number of aromatic nitrogens is 2. The Morgan fingerprint density at radius 2 is 2.02 bits per heavy atom. The number of carboxylic acids is 1. The average molecular weight is 568 g/mol. The zero-order valence-corrected chi connectivity index (χ0v) is 24.3. The third-order valence-corrected chi connectivity index (χ3v) is 8.63. The number of aliphatic imine (C=N–C) groups is 1. The zero-order valence-electron chi connectivity index (χ0n) is 24.3. The number of benzene rings is 2. The number of rotatable bonds is 8. The number of nitriles is 1. The highest BCUT2D eigenvalue weighted by Crippen LogP contribution is 2.28. The molecule has 10 nitrogen and oxygen atoms in total. The minimum Gasteiger partial charge on any atom is -0.478 e. The van der Waals surface area contributed by atoms with Gasteiger partial charge in [0.15, 0.2) is 0 Å². The number of carboxylic acid groups (broad SMARTS) is 1. The Labute approximate surface area is 246 Å². The van der Waals surface area contributed by atoms with Gasteiger partial charge in [-0.05, 0) is 61.2 Å². The highest BCUT2D eigenvalue weighted by Gasteiger charge is 2.26. The van der Waals surface area contributed by atoms with Crippen LogP contribution in [-0.4, -0.2) is 82.2 Å². The van der Waals surface area contributed by atoms with E-state index in [1.165, 1.54) is 0 Å². The smallest absolute Gasteiger partial charge is 0.335 e. The van der Waals surface area contributed by atoms with E-state index in [1.807, 2.05) is 12.1 Å². The number of hydrogen-bond acceptors (Lipinski definition) is 8. The van der Waals surface area contributed by atoms with Gasteiger partial charge in [0.25, 0.3) is 0 Å². The van der Waals surface area contributed by atoms with Crippen molar-refractivity contribution < 1.29 is 14.6 Å². The predicted octanol–water partition coefficient (Wildman–Crippen LogP) is 4.25. The zero-order chi connectivity index (χ0) is 29.2. The van der Waals surface area contributed by atoms with E-state index in [-0.39, 0.29) is 11.7 Å². The molecular weight excluding hydrogens is 530 g/mol. The van der Waals surface area contributed by atoms with Gasteiger partial charge in [0.1, 0.15) is 17.5 Å². The molecular formula is C32H37N7O3. The standard InChI is InChI=1S/C32H37N7O3/c1-3-25-23(19-33)6-4-7-27(25)36(2)29-8-5-9-30(35-29)38-15-13-37(14-16-38)21-31-34-26-11-10-22(32(40)41)18-28(26)39(31)20-24-12-17-42-24/h4,6-7,9-11,18,24H,3,5,8,12-17,20-21H2,1-2H3,(H,40,41). The van der Waals surface area contributed by atoms with Crippen LogP contribution in [0.1, 0.15) is 53.5 Å². The van der Waals surface area contributed by atoms with Crippen LogP contribution in [0.15, 0.2) is 53.3 Å². The molecule has 1 aromatic heterocycles. The third kappa shape index (κ3) is 5.50. The van der Waals surface area contributed by atoms with Gasteiger partial charge in [-0.3, -0.25) is 4.90 Å². The van der Waals surface area contributed by atoms with Gasteiger partial charge < -0.3 is 24.2 Å². The van der Waals surface area contributed by atoms with Crippen LogP contribution in [-0.2, 0) is 24.2 Å². The number of ether oxygens (including phenoxy) is 1. The summed E-state index contributed by atoms with van der Waals surface area (Å²) in [7, 11) is 2.05. The summed E-state index contributed by atoms with van der Waals surface area (Å²) in [5.74, 6) is 2.06. The number of imidazole rings is 1. The van der Waals surface area contributed by atoms with E-state index in [9.17, 15) is 15.2 Å². The largest absolute Gasteiger partial charge is 0.478 e. The first-order valence-electron chi connectivity index (χ1n) is 14.8. The molecule has 0 saturated carbocycles. The summed E-state index contributed by atoms with van der Waals surface area (Å²) >= 11 is 0. The Balaban J connectivity index is 1.15. The molecule has 3 aromatic rings. The molecule has 0 radical (unpaired) electrons. The molecule has 1 N–H and O–H groups in total. The van der Waals surface area contributed by atoms with Gasteiger partial charge >= 0.3 is 5.97 Å². The molecule has 218 valence electrons. The van der Waals surface area contributed by atoms with Crippen molar-refractivity contribution in [3.8, 4) is 6.07 Å². The van der Waals surface area contributed by atoms with E-state index < -0.39 is 5.97 Å². The Hall–Kier alpha value is -4.20. The fourth-order valence-electron chi connectivity index (χ4n) is 6.11. The van der Waals surface area contributed by atoms with Crippen LogP contribution in [0, 0.1) is 11.3 Å². The molecule has 10 heteroatoms. The minimum atomic E-state index is -0.933. The summed E-state index contributed by atoms with van der Waals surface area (Å²) in [4.78, 5) is 28.5. The summed E-state index contributed by atoms with van der Waals surface area (Å²) < 4.78 is 7.87. The molecule has 1 atom stereocenters. The average Bonchev–Trinajstić information content (AvgIpc) is 3.34. The number of anilines is 1. The molecule has 0 spiro atoms. The Bertz CT molecular complexity index is 1590. The van der Waals surface area contributed by atoms with Gasteiger partial charge in [0.05, 0.1) is 47.4 Å². The van der Waals surface area contributed by atoms with Gasteiger partial charge in [-0.2, -0.15) is 5.26 Å². The van der Waals surface area contributed by atoms with Gasteiger partial charge in [-0.25, -0.2) is 14.8 Å². The number of amidine groups is 1. The molecule has 0 aliphatic carbocycles. The van der Waals surface area contributed by atoms with Gasteiger partial charge in [0.2, 0.25) is 0 Å². The van der Waals surface area contributed by atoms with Crippen molar-refractivity contribution in [2.24, 2.45) is 4.99 Å². The lowest BCUT2D eigenvalue weighted by atomic mass is 10.0. The lowest BCUT2D eigenvalue weighted by molar-refractivity contribution is -0.0592. The minimum absolute atomic E-state index is 0.144. The maximum atomic E-state index is 11.6. The fourth-order valence-corrected chi connectivity index (χ4v) is 6.11. The lowest BCUT2D eigenvalue weighted by Crippen LogP contribution is -2.46. The van der Waals surface area contributed by atoms with Crippen LogP contribution >= 0.6 is 0 Å². The van der Waals surface area contributed by atoms with Crippen molar-refractivity contribution in [3.63, 3.8) is 0 Å². The second-order valence-electron chi connectivity index (χ2n) is 11.1. The molecule has 1 unspecified atom stereocenters. The summed E-state index contributed by atoms with van der Waals surface area (Å²) in [6.07, 6.45) is 5.98. The molecule has 42 heavy (non-hydrogen) atoms. The van der Waals surface area contributed by atoms with Crippen LogP contribution in [0.25, 0.3) is 11.0 Å². The highest BCUT2D eigenvalue weighted by molar-refractivity contribution is 5.99. The molecule has 4 heterocycles. The number of allylic oxidation sites excluding steroid dienone is 1. The summed E-state index contributed by atoms with van der Waals surface area (Å²) in [5, 5.41) is 19.1. The van der Waals surface area contributed by atoms with E-state index in [2.05, 4.69) is 51.4 Å². The quantitative estimate of drug-likeness (QED) is 0.430. The number of aromatic carboxylic acids is 1. The topological polar surface area (TPSA) is 110 Å². The van der Waals surface area contributed by atoms with Crippen LogP contribution in [0.5, 0.6) is 0 Å².